The number of nitrogen functional groups attached to an aromatic ring is 1. The molecule has 2 rings (SSSR count). The number of hydrogen-bond donors (Lipinski definition) is 3. The number of benzene rings is 1. The van der Waals surface area contributed by atoms with Gasteiger partial charge in [-0.3, -0.25) is 4.55 Å². The lowest BCUT2D eigenvalue weighted by atomic mass is 10.3. The molecule has 0 bridgehead atoms. The Morgan fingerprint density at radius 1 is 1.10 bits per heavy atom. The molecule has 104 valence electrons. The first kappa shape index (κ1) is 13.9. The molecule has 4 N–H and O–H groups in total. The molecule has 1 heterocycles. The Labute approximate surface area is 114 Å². The number of rotatable bonds is 3. The van der Waals surface area contributed by atoms with Crippen LogP contribution in [0.25, 0.3) is 0 Å². The highest BCUT2D eigenvalue weighted by molar-refractivity contribution is 7.85. The molecule has 0 aliphatic carbocycles. The van der Waals surface area contributed by atoms with Crippen LogP contribution in [0, 0.1) is 0 Å². The van der Waals surface area contributed by atoms with E-state index < -0.39 is 10.1 Å². The maximum atomic E-state index is 10.9. The van der Waals surface area contributed by atoms with E-state index in [0.29, 0.717) is 5.69 Å². The predicted octanol–water partition coefficient (Wildman–Crippen LogP) is 2.03. The Hall–Kier alpha value is -2.52. The van der Waals surface area contributed by atoms with E-state index in [2.05, 4.69) is 15.2 Å². The molecule has 0 aliphatic rings. The summed E-state index contributed by atoms with van der Waals surface area (Å²) in [4.78, 5) is 3.42. The fraction of sp³-hybridized carbons (Fsp3) is 0. The van der Waals surface area contributed by atoms with Gasteiger partial charge in [-0.15, -0.1) is 5.11 Å². The van der Waals surface area contributed by atoms with Crippen LogP contribution in [0.3, 0.4) is 0 Å². The predicted molar refractivity (Wildman–Crippen MR) is 70.7 cm³/mol. The number of hydrogen-bond acceptors (Lipinski definition) is 7. The zero-order chi connectivity index (χ0) is 14.8. The van der Waals surface area contributed by atoms with Gasteiger partial charge in [0.15, 0.2) is 11.6 Å². The van der Waals surface area contributed by atoms with Gasteiger partial charge in [-0.05, 0) is 30.3 Å². The molecule has 0 saturated heterocycles. The van der Waals surface area contributed by atoms with E-state index in [0.717, 1.165) is 0 Å². The lowest BCUT2D eigenvalue weighted by molar-refractivity contribution is 0.477. The highest BCUT2D eigenvalue weighted by Gasteiger charge is 2.08. The number of anilines is 1. The molecule has 0 unspecified atom stereocenters. The number of azo groups is 1. The van der Waals surface area contributed by atoms with E-state index in [1.165, 1.54) is 36.5 Å². The summed E-state index contributed by atoms with van der Waals surface area (Å²) in [6, 6.07) is 6.50. The number of aromatic hydroxyl groups is 1. The largest absolute Gasteiger partial charge is 0.503 e. The molecule has 9 heteroatoms. The van der Waals surface area contributed by atoms with E-state index in [4.69, 9.17) is 10.3 Å². The van der Waals surface area contributed by atoms with E-state index in [-0.39, 0.29) is 22.2 Å². The number of nitrogens with zero attached hydrogens (tertiary/aromatic N) is 3. The minimum Gasteiger partial charge on any atom is -0.503 e. The van der Waals surface area contributed by atoms with Gasteiger partial charge in [0.25, 0.3) is 10.1 Å². The minimum absolute atomic E-state index is 0.0665. The summed E-state index contributed by atoms with van der Waals surface area (Å²) in [5, 5.41) is 17.2. The van der Waals surface area contributed by atoms with Crippen molar-refractivity contribution in [2.45, 2.75) is 4.90 Å². The van der Waals surface area contributed by atoms with Gasteiger partial charge in [0.1, 0.15) is 5.69 Å². The van der Waals surface area contributed by atoms with Crippen molar-refractivity contribution in [3.8, 4) is 5.75 Å². The van der Waals surface area contributed by atoms with Crippen molar-refractivity contribution in [3.63, 3.8) is 0 Å². The van der Waals surface area contributed by atoms with Gasteiger partial charge in [0.2, 0.25) is 0 Å². The third kappa shape index (κ3) is 3.08. The second-order valence-corrected chi connectivity index (χ2v) is 5.15. The highest BCUT2D eigenvalue weighted by atomic mass is 32.2. The summed E-state index contributed by atoms with van der Waals surface area (Å²) >= 11 is 0. The van der Waals surface area contributed by atoms with Crippen molar-refractivity contribution >= 4 is 27.3 Å². The van der Waals surface area contributed by atoms with E-state index >= 15 is 0 Å². The minimum atomic E-state index is -4.24. The van der Waals surface area contributed by atoms with Gasteiger partial charge in [-0.2, -0.15) is 13.5 Å². The van der Waals surface area contributed by atoms with Crippen molar-refractivity contribution in [2.24, 2.45) is 10.2 Å². The summed E-state index contributed by atoms with van der Waals surface area (Å²) in [5.41, 5.74) is 5.88. The molecule has 2 aromatic rings. The Bertz CT molecular complexity index is 756. The molecule has 0 atom stereocenters. The Balaban J connectivity index is 2.26. The molecule has 0 spiro atoms. The summed E-state index contributed by atoms with van der Waals surface area (Å²) in [5.74, 6) is -0.353. The maximum Gasteiger partial charge on any atom is 0.294 e. The summed E-state index contributed by atoms with van der Waals surface area (Å²) in [7, 11) is -4.24. The zero-order valence-corrected chi connectivity index (χ0v) is 10.8. The van der Waals surface area contributed by atoms with Crippen molar-refractivity contribution in [3.05, 3.63) is 36.5 Å². The smallest absolute Gasteiger partial charge is 0.294 e. The second kappa shape index (κ2) is 5.23. The molecule has 0 amide bonds. The zero-order valence-electron chi connectivity index (χ0n) is 10.0. The van der Waals surface area contributed by atoms with Crippen molar-refractivity contribution < 1.29 is 18.1 Å². The quantitative estimate of drug-likeness (QED) is 0.584. The molecule has 20 heavy (non-hydrogen) atoms. The lowest BCUT2D eigenvalue weighted by Crippen LogP contribution is -1.96. The first-order valence-electron chi connectivity index (χ1n) is 5.30. The second-order valence-electron chi connectivity index (χ2n) is 3.73. The summed E-state index contributed by atoms with van der Waals surface area (Å²) in [6.45, 7) is 0. The Kier molecular flexibility index (Phi) is 3.63. The average Bonchev–Trinajstić information content (AvgIpc) is 2.40. The van der Waals surface area contributed by atoms with Crippen LogP contribution in [-0.2, 0) is 10.1 Å². The van der Waals surface area contributed by atoms with Crippen molar-refractivity contribution in [2.75, 3.05) is 5.73 Å². The Morgan fingerprint density at radius 2 is 1.75 bits per heavy atom. The first-order valence-corrected chi connectivity index (χ1v) is 6.74. The fourth-order valence-electron chi connectivity index (χ4n) is 1.34. The van der Waals surface area contributed by atoms with Gasteiger partial charge < -0.3 is 10.8 Å². The standard InChI is InChI=1S/C11H10N4O4S/c12-11-10(16)9(5-6-13-11)15-14-7-1-3-8(4-2-7)20(17,18)19/h1-6,16H,(H2,12,13)(H,17,18,19). The SMILES string of the molecule is Nc1nccc(N=Nc2ccc(S(=O)(=O)O)cc2)c1O. The van der Waals surface area contributed by atoms with Crippen LogP contribution in [0.5, 0.6) is 5.75 Å². The summed E-state index contributed by atoms with van der Waals surface area (Å²) in [6.07, 6.45) is 1.37. The van der Waals surface area contributed by atoms with Crippen LogP contribution in [0.2, 0.25) is 0 Å². The van der Waals surface area contributed by atoms with Gasteiger partial charge in [0.05, 0.1) is 10.6 Å². The molecule has 0 aliphatic heterocycles. The van der Waals surface area contributed by atoms with Crippen LogP contribution in [-0.4, -0.2) is 23.1 Å². The van der Waals surface area contributed by atoms with Crippen LogP contribution in [0.1, 0.15) is 0 Å². The van der Waals surface area contributed by atoms with Crippen LogP contribution in [0.4, 0.5) is 17.2 Å². The molecule has 0 fully saturated rings. The topological polar surface area (TPSA) is 138 Å². The van der Waals surface area contributed by atoms with E-state index in [1.54, 1.807) is 0 Å². The van der Waals surface area contributed by atoms with Gasteiger partial charge >= 0.3 is 0 Å². The van der Waals surface area contributed by atoms with Gasteiger partial charge in [-0.1, -0.05) is 0 Å². The first-order chi connectivity index (χ1) is 9.38. The lowest BCUT2D eigenvalue weighted by Gasteiger charge is -2.00. The van der Waals surface area contributed by atoms with Crippen molar-refractivity contribution in [1.29, 1.82) is 0 Å². The molecular weight excluding hydrogens is 284 g/mol. The van der Waals surface area contributed by atoms with Crippen molar-refractivity contribution in [1.82, 2.24) is 4.98 Å². The van der Waals surface area contributed by atoms with E-state index in [1.807, 2.05) is 0 Å². The number of pyridine rings is 1. The van der Waals surface area contributed by atoms with Gasteiger partial charge in [0, 0.05) is 6.20 Å². The van der Waals surface area contributed by atoms with Gasteiger partial charge in [-0.25, -0.2) is 4.98 Å². The highest BCUT2D eigenvalue weighted by Crippen LogP contribution is 2.31. The summed E-state index contributed by atoms with van der Waals surface area (Å²) < 4.78 is 30.5. The molecule has 1 aromatic heterocycles. The fourth-order valence-corrected chi connectivity index (χ4v) is 1.82. The molecule has 0 saturated carbocycles. The third-order valence-electron chi connectivity index (χ3n) is 2.34. The third-order valence-corrected chi connectivity index (χ3v) is 3.21. The number of nitrogens with two attached hydrogens (primary N) is 1. The molecule has 1 aromatic carbocycles. The van der Waals surface area contributed by atoms with Crippen LogP contribution in [0.15, 0.2) is 51.7 Å². The normalized spacial score (nSPS) is 11.8. The maximum absolute atomic E-state index is 10.9. The molecule has 8 nitrogen and oxygen atoms in total. The average molecular weight is 294 g/mol. The molecule has 0 radical (unpaired) electrons. The monoisotopic (exact) mass is 294 g/mol. The number of aromatic nitrogens is 1. The van der Waals surface area contributed by atoms with Crippen LogP contribution >= 0.6 is 0 Å². The Morgan fingerprint density at radius 3 is 2.35 bits per heavy atom. The van der Waals surface area contributed by atoms with E-state index in [9.17, 15) is 13.5 Å². The molecular formula is C11H10N4O4S. The van der Waals surface area contributed by atoms with Crippen LogP contribution < -0.4 is 5.73 Å².